The monoisotopic (exact) mass is 527 g/mol. The average molecular weight is 527 g/mol. The molecule has 3 aromatic rings. The van der Waals surface area contributed by atoms with Crippen molar-refractivity contribution >= 4 is 51.6 Å². The Labute approximate surface area is 193 Å². The van der Waals surface area contributed by atoms with Gasteiger partial charge >= 0.3 is 0 Å². The molecular weight excluding hydrogens is 509 g/mol. The molecule has 0 atom stereocenters. The molecule has 1 heterocycles. The summed E-state index contributed by atoms with van der Waals surface area (Å²) in [5.74, 6) is 0.449. The van der Waals surface area contributed by atoms with Gasteiger partial charge in [-0.25, -0.2) is 0 Å². The Bertz CT molecular complexity index is 1100. The van der Waals surface area contributed by atoms with Crippen LogP contribution >= 0.6 is 34.4 Å². The highest BCUT2D eigenvalue weighted by atomic mass is 127. The lowest BCUT2D eigenvalue weighted by molar-refractivity contribution is -0.123. The van der Waals surface area contributed by atoms with Crippen LogP contribution in [0.4, 0.5) is 4.79 Å². The van der Waals surface area contributed by atoms with Crippen LogP contribution in [0.2, 0.25) is 0 Å². The molecule has 30 heavy (non-hydrogen) atoms. The van der Waals surface area contributed by atoms with Crippen molar-refractivity contribution in [3.63, 3.8) is 0 Å². The number of nitrogens with zero attached hydrogens (tertiary/aromatic N) is 1. The van der Waals surface area contributed by atoms with E-state index in [1.807, 2.05) is 78.9 Å². The first-order valence-electron chi connectivity index (χ1n) is 9.35. The molecule has 2 amide bonds. The molecule has 1 aliphatic rings. The minimum absolute atomic E-state index is 0.249. The molecule has 1 saturated heterocycles. The van der Waals surface area contributed by atoms with Crippen molar-refractivity contribution in [3.8, 4) is 5.75 Å². The molecule has 3 aromatic carbocycles. The van der Waals surface area contributed by atoms with Crippen LogP contribution in [0.1, 0.15) is 16.7 Å². The number of ether oxygens (including phenoxy) is 1. The third-order valence-corrected chi connectivity index (χ3v) is 6.16. The third-order valence-electron chi connectivity index (χ3n) is 4.53. The molecule has 4 nitrogen and oxygen atoms in total. The molecule has 0 aliphatic carbocycles. The second kappa shape index (κ2) is 9.49. The van der Waals surface area contributed by atoms with Crippen LogP contribution in [-0.2, 0) is 17.9 Å². The van der Waals surface area contributed by atoms with Crippen LogP contribution in [0.5, 0.6) is 5.75 Å². The van der Waals surface area contributed by atoms with Gasteiger partial charge in [0.15, 0.2) is 0 Å². The number of amides is 2. The largest absolute Gasteiger partial charge is 0.489 e. The van der Waals surface area contributed by atoms with E-state index >= 15 is 0 Å². The van der Waals surface area contributed by atoms with Crippen LogP contribution in [0.15, 0.2) is 83.8 Å². The van der Waals surface area contributed by atoms with E-state index in [2.05, 4.69) is 22.6 Å². The molecule has 1 aliphatic heterocycles. The lowest BCUT2D eigenvalue weighted by Crippen LogP contribution is -2.27. The summed E-state index contributed by atoms with van der Waals surface area (Å²) >= 11 is 3.20. The van der Waals surface area contributed by atoms with Crippen molar-refractivity contribution in [2.24, 2.45) is 0 Å². The Morgan fingerprint density at radius 2 is 1.67 bits per heavy atom. The average Bonchev–Trinajstić information content (AvgIpc) is 3.02. The summed E-state index contributed by atoms with van der Waals surface area (Å²) in [6, 6.07) is 25.2. The normalized spacial score (nSPS) is 15.1. The second-order valence-electron chi connectivity index (χ2n) is 6.74. The second-order valence-corrected chi connectivity index (χ2v) is 8.98. The Balaban J connectivity index is 1.46. The highest BCUT2D eigenvalue weighted by Crippen LogP contribution is 2.33. The SMILES string of the molecule is O=C1S/C(=C/c2cccc(OCc3ccccc3)c2)C(=O)N1Cc1ccc(I)cc1. The van der Waals surface area contributed by atoms with Gasteiger partial charge in [0.1, 0.15) is 12.4 Å². The van der Waals surface area contributed by atoms with Gasteiger partial charge in [-0.1, -0.05) is 54.6 Å². The summed E-state index contributed by atoms with van der Waals surface area (Å²) in [4.78, 5) is 26.9. The minimum atomic E-state index is -0.265. The molecule has 0 N–H and O–H groups in total. The molecule has 0 spiro atoms. The number of rotatable bonds is 6. The Hall–Kier alpha value is -2.58. The number of imide groups is 1. The van der Waals surface area contributed by atoms with Gasteiger partial charge in [0, 0.05) is 3.57 Å². The summed E-state index contributed by atoms with van der Waals surface area (Å²) in [5, 5.41) is -0.249. The zero-order valence-corrected chi connectivity index (χ0v) is 18.9. The molecule has 1 fully saturated rings. The first-order chi connectivity index (χ1) is 14.6. The van der Waals surface area contributed by atoms with Crippen molar-refractivity contribution in [1.29, 1.82) is 0 Å². The first-order valence-corrected chi connectivity index (χ1v) is 11.2. The van der Waals surface area contributed by atoms with Crippen LogP contribution in [0, 0.1) is 3.57 Å². The third kappa shape index (κ3) is 5.12. The smallest absolute Gasteiger partial charge is 0.293 e. The van der Waals surface area contributed by atoms with E-state index in [1.54, 1.807) is 6.08 Å². The molecule has 0 bridgehead atoms. The van der Waals surface area contributed by atoms with E-state index in [4.69, 9.17) is 4.74 Å². The van der Waals surface area contributed by atoms with Gasteiger partial charge in [-0.2, -0.15) is 0 Å². The number of hydrogen-bond donors (Lipinski definition) is 0. The van der Waals surface area contributed by atoms with E-state index in [0.29, 0.717) is 17.3 Å². The highest BCUT2D eigenvalue weighted by molar-refractivity contribution is 14.1. The van der Waals surface area contributed by atoms with Crippen LogP contribution in [0.3, 0.4) is 0 Å². The minimum Gasteiger partial charge on any atom is -0.489 e. The molecule has 150 valence electrons. The zero-order chi connectivity index (χ0) is 20.9. The maximum absolute atomic E-state index is 12.8. The van der Waals surface area contributed by atoms with E-state index in [9.17, 15) is 9.59 Å². The van der Waals surface area contributed by atoms with E-state index < -0.39 is 0 Å². The Kier molecular flexibility index (Phi) is 6.54. The van der Waals surface area contributed by atoms with Crippen LogP contribution in [-0.4, -0.2) is 16.0 Å². The van der Waals surface area contributed by atoms with Crippen LogP contribution < -0.4 is 4.74 Å². The highest BCUT2D eigenvalue weighted by Gasteiger charge is 2.34. The van der Waals surface area contributed by atoms with Gasteiger partial charge in [0.25, 0.3) is 11.1 Å². The molecule has 6 heteroatoms. The standard InChI is InChI=1S/C24H18INO3S/c25-20-11-9-17(10-12-20)15-26-23(27)22(30-24(26)28)14-19-7-4-8-21(13-19)29-16-18-5-2-1-3-6-18/h1-14H,15-16H2/b22-14+. The van der Waals surface area contributed by atoms with Crippen molar-refractivity contribution < 1.29 is 14.3 Å². The van der Waals surface area contributed by atoms with Crippen molar-refractivity contribution in [2.45, 2.75) is 13.2 Å². The van der Waals surface area contributed by atoms with Gasteiger partial charge in [0.05, 0.1) is 11.4 Å². The van der Waals surface area contributed by atoms with Gasteiger partial charge < -0.3 is 4.74 Å². The van der Waals surface area contributed by atoms with Crippen molar-refractivity contribution in [3.05, 3.63) is 104 Å². The molecular formula is C24H18INO3S. The number of hydrogen-bond acceptors (Lipinski definition) is 4. The van der Waals surface area contributed by atoms with E-state index in [-0.39, 0.29) is 17.7 Å². The Morgan fingerprint density at radius 1 is 0.900 bits per heavy atom. The number of carbonyl (C=O) groups is 2. The van der Waals surface area contributed by atoms with E-state index in [1.165, 1.54) is 4.90 Å². The molecule has 0 saturated carbocycles. The van der Waals surface area contributed by atoms with Gasteiger partial charge in [-0.3, -0.25) is 14.5 Å². The summed E-state index contributed by atoms with van der Waals surface area (Å²) < 4.78 is 6.97. The summed E-state index contributed by atoms with van der Waals surface area (Å²) in [6.07, 6.45) is 1.74. The zero-order valence-electron chi connectivity index (χ0n) is 16.0. The lowest BCUT2D eigenvalue weighted by Gasteiger charge is -2.12. The van der Waals surface area contributed by atoms with Crippen molar-refractivity contribution in [2.75, 3.05) is 0 Å². The summed E-state index contributed by atoms with van der Waals surface area (Å²) in [7, 11) is 0. The Morgan fingerprint density at radius 3 is 2.43 bits per heavy atom. The molecule has 0 radical (unpaired) electrons. The fourth-order valence-corrected chi connectivity index (χ4v) is 4.19. The van der Waals surface area contributed by atoms with Crippen molar-refractivity contribution in [1.82, 2.24) is 4.90 Å². The van der Waals surface area contributed by atoms with E-state index in [0.717, 1.165) is 32.0 Å². The fourth-order valence-electron chi connectivity index (χ4n) is 3.00. The number of thioether (sulfide) groups is 1. The predicted molar refractivity (Wildman–Crippen MR) is 128 cm³/mol. The number of halogens is 1. The quantitative estimate of drug-likeness (QED) is 0.287. The number of carbonyl (C=O) groups excluding carboxylic acids is 2. The molecule has 4 rings (SSSR count). The van der Waals surface area contributed by atoms with Gasteiger partial charge in [-0.05, 0) is 81.4 Å². The first kappa shape index (κ1) is 20.7. The van der Waals surface area contributed by atoms with Gasteiger partial charge in [0.2, 0.25) is 0 Å². The molecule has 0 unspecified atom stereocenters. The lowest BCUT2D eigenvalue weighted by atomic mass is 10.2. The van der Waals surface area contributed by atoms with Gasteiger partial charge in [-0.15, -0.1) is 0 Å². The summed E-state index contributed by atoms with van der Waals surface area (Å²) in [5.41, 5.74) is 2.83. The maximum atomic E-state index is 12.8. The predicted octanol–water partition coefficient (Wildman–Crippen LogP) is 6.11. The maximum Gasteiger partial charge on any atom is 0.293 e. The van der Waals surface area contributed by atoms with Crippen LogP contribution in [0.25, 0.3) is 6.08 Å². The summed E-state index contributed by atoms with van der Waals surface area (Å²) in [6.45, 7) is 0.746. The topological polar surface area (TPSA) is 46.6 Å². The fraction of sp³-hybridized carbons (Fsp3) is 0.0833. The molecule has 0 aromatic heterocycles. The number of benzene rings is 3.